The number of hydrogen-bond donors (Lipinski definition) is 1. The lowest BCUT2D eigenvalue weighted by Crippen LogP contribution is -3.10. The Hall–Kier alpha value is -0.160. The van der Waals surface area contributed by atoms with E-state index in [1.807, 2.05) is 6.92 Å². The van der Waals surface area contributed by atoms with Gasteiger partial charge in [0.1, 0.15) is 19.2 Å². The molecular formula is C5H13NO3. The second-order valence-electron chi connectivity index (χ2n) is 2.17. The van der Waals surface area contributed by atoms with Gasteiger partial charge in [0, 0.05) is 0 Å². The van der Waals surface area contributed by atoms with Crippen molar-refractivity contribution in [2.75, 3.05) is 19.7 Å². The first-order valence-electron chi connectivity index (χ1n) is 2.92. The van der Waals surface area contributed by atoms with Crippen molar-refractivity contribution in [1.29, 1.82) is 0 Å². The molecule has 56 valence electrons. The number of hydroxylamine groups is 2. The molecule has 1 aliphatic heterocycles. The first kappa shape index (κ1) is 8.84. The Bertz CT molecular complexity index is 70.6. The summed E-state index contributed by atoms with van der Waals surface area (Å²) in [6, 6.07) is 0. The molecule has 0 radical (unpaired) electrons. The van der Waals surface area contributed by atoms with Crippen LogP contribution in [-0.4, -0.2) is 31.3 Å². The van der Waals surface area contributed by atoms with E-state index in [-0.39, 0.29) is 11.6 Å². The van der Waals surface area contributed by atoms with Crippen molar-refractivity contribution in [3.05, 3.63) is 5.21 Å². The molecule has 0 aromatic rings. The van der Waals surface area contributed by atoms with Crippen LogP contribution in [0.25, 0.3) is 0 Å². The summed E-state index contributed by atoms with van der Waals surface area (Å²) >= 11 is 0. The third-order valence-corrected chi connectivity index (χ3v) is 1.30. The molecule has 0 aliphatic carbocycles. The molecule has 2 atom stereocenters. The third-order valence-electron chi connectivity index (χ3n) is 1.30. The van der Waals surface area contributed by atoms with E-state index in [0.717, 1.165) is 0 Å². The summed E-state index contributed by atoms with van der Waals surface area (Å²) in [6.45, 7) is 3.78. The van der Waals surface area contributed by atoms with E-state index in [2.05, 4.69) is 0 Å². The number of ether oxygens (including phenoxy) is 1. The van der Waals surface area contributed by atoms with Crippen LogP contribution in [-0.2, 0) is 4.74 Å². The lowest BCUT2D eigenvalue weighted by Gasteiger charge is -2.30. The summed E-state index contributed by atoms with van der Waals surface area (Å²) in [5.74, 6) is 0. The molecule has 4 nitrogen and oxygen atoms in total. The Balaban J connectivity index is 0.000000640. The van der Waals surface area contributed by atoms with Gasteiger partial charge in [-0.05, 0) is 6.92 Å². The van der Waals surface area contributed by atoms with Gasteiger partial charge in [0.05, 0.1) is 6.61 Å². The van der Waals surface area contributed by atoms with Crippen LogP contribution < -0.4 is 5.06 Å². The zero-order chi connectivity index (χ0) is 5.98. The zero-order valence-corrected chi connectivity index (χ0v) is 5.52. The topological polar surface area (TPSA) is 68.2 Å². The van der Waals surface area contributed by atoms with Gasteiger partial charge in [-0.1, -0.05) is 0 Å². The van der Waals surface area contributed by atoms with Crippen LogP contribution in [0.15, 0.2) is 0 Å². The number of rotatable bonds is 0. The van der Waals surface area contributed by atoms with Crippen molar-refractivity contribution in [1.82, 2.24) is 0 Å². The molecule has 2 unspecified atom stereocenters. The van der Waals surface area contributed by atoms with Crippen molar-refractivity contribution in [2.24, 2.45) is 0 Å². The Kier molecular flexibility index (Phi) is 3.72. The highest BCUT2D eigenvalue weighted by Crippen LogP contribution is 1.87. The van der Waals surface area contributed by atoms with Crippen LogP contribution in [0, 0.1) is 5.21 Å². The molecular weight excluding hydrogens is 122 g/mol. The lowest BCUT2D eigenvalue weighted by atomic mass is 10.3. The fourth-order valence-corrected chi connectivity index (χ4v) is 0.856. The minimum Gasteiger partial charge on any atom is -0.634 e. The van der Waals surface area contributed by atoms with Crippen molar-refractivity contribution < 1.29 is 15.3 Å². The van der Waals surface area contributed by atoms with Gasteiger partial charge in [0.25, 0.3) is 0 Å². The van der Waals surface area contributed by atoms with E-state index in [0.29, 0.717) is 24.8 Å². The highest BCUT2D eigenvalue weighted by Gasteiger charge is 2.12. The second-order valence-corrected chi connectivity index (χ2v) is 2.17. The van der Waals surface area contributed by atoms with E-state index in [1.54, 1.807) is 0 Å². The van der Waals surface area contributed by atoms with Gasteiger partial charge in [-0.25, -0.2) is 0 Å². The van der Waals surface area contributed by atoms with E-state index in [4.69, 9.17) is 4.74 Å². The van der Waals surface area contributed by atoms with Gasteiger partial charge in [-0.15, -0.1) is 0 Å². The molecule has 1 aliphatic rings. The highest BCUT2D eigenvalue weighted by atomic mass is 16.5. The molecule has 0 amide bonds. The molecule has 0 aromatic heterocycles. The predicted molar refractivity (Wildman–Crippen MR) is 33.1 cm³/mol. The SMILES string of the molecule is CC1C[NH+]([O-])CCO1.O. The zero-order valence-electron chi connectivity index (χ0n) is 5.52. The normalized spacial score (nSPS) is 35.3. The first-order valence-corrected chi connectivity index (χ1v) is 2.92. The summed E-state index contributed by atoms with van der Waals surface area (Å²) in [6.07, 6.45) is 0.163. The molecule has 9 heavy (non-hydrogen) atoms. The molecule has 1 heterocycles. The van der Waals surface area contributed by atoms with Crippen LogP contribution in [0.5, 0.6) is 0 Å². The van der Waals surface area contributed by atoms with Gasteiger partial charge in [-0.2, -0.15) is 0 Å². The van der Waals surface area contributed by atoms with Gasteiger partial charge in [0.15, 0.2) is 0 Å². The first-order chi connectivity index (χ1) is 3.79. The monoisotopic (exact) mass is 135 g/mol. The van der Waals surface area contributed by atoms with Crippen LogP contribution >= 0.6 is 0 Å². The predicted octanol–water partition coefficient (Wildman–Crippen LogP) is -2.04. The molecule has 0 aromatic carbocycles. The summed E-state index contributed by atoms with van der Waals surface area (Å²) in [7, 11) is 0. The third kappa shape index (κ3) is 2.76. The Morgan fingerprint density at radius 2 is 2.33 bits per heavy atom. The van der Waals surface area contributed by atoms with Crippen molar-refractivity contribution in [3.8, 4) is 0 Å². The lowest BCUT2D eigenvalue weighted by molar-refractivity contribution is -0.861. The van der Waals surface area contributed by atoms with E-state index in [9.17, 15) is 5.21 Å². The molecule has 1 rings (SSSR count). The number of nitrogens with one attached hydrogen (secondary N) is 1. The smallest absolute Gasteiger partial charge is 0.104 e. The van der Waals surface area contributed by atoms with Crippen molar-refractivity contribution in [2.45, 2.75) is 13.0 Å². The summed E-state index contributed by atoms with van der Waals surface area (Å²) in [5.41, 5.74) is 0. The molecule has 1 fully saturated rings. The number of morpholine rings is 1. The quantitative estimate of drug-likeness (QED) is 0.389. The van der Waals surface area contributed by atoms with Gasteiger partial charge < -0.3 is 20.5 Å². The van der Waals surface area contributed by atoms with Gasteiger partial charge >= 0.3 is 0 Å². The van der Waals surface area contributed by atoms with Crippen molar-refractivity contribution >= 4 is 0 Å². The fourth-order valence-electron chi connectivity index (χ4n) is 0.856. The van der Waals surface area contributed by atoms with E-state index >= 15 is 0 Å². The highest BCUT2D eigenvalue weighted by molar-refractivity contribution is 4.49. The minimum atomic E-state index is 0. The summed E-state index contributed by atoms with van der Waals surface area (Å²) in [5, 5.41) is 10.9. The van der Waals surface area contributed by atoms with Gasteiger partial charge in [0.2, 0.25) is 0 Å². The molecule has 0 spiro atoms. The Morgan fingerprint density at radius 1 is 1.67 bits per heavy atom. The molecule has 1 saturated heterocycles. The van der Waals surface area contributed by atoms with Crippen LogP contribution in [0.2, 0.25) is 0 Å². The summed E-state index contributed by atoms with van der Waals surface area (Å²) in [4.78, 5) is 0. The average molecular weight is 135 g/mol. The average Bonchev–Trinajstić information content (AvgIpc) is 1.64. The van der Waals surface area contributed by atoms with Gasteiger partial charge in [-0.3, -0.25) is 0 Å². The van der Waals surface area contributed by atoms with Crippen LogP contribution in [0.4, 0.5) is 0 Å². The maximum absolute atomic E-state index is 10.6. The standard InChI is InChI=1S/C5H11NO2.H2O/c1-5-4-6(7)2-3-8-5;/h5-6H,2-4H2,1H3;1H2. The molecule has 3 N–H and O–H groups in total. The van der Waals surface area contributed by atoms with Crippen LogP contribution in [0.1, 0.15) is 6.92 Å². The fraction of sp³-hybridized carbons (Fsp3) is 1.00. The van der Waals surface area contributed by atoms with Crippen molar-refractivity contribution in [3.63, 3.8) is 0 Å². The molecule has 0 saturated carbocycles. The maximum atomic E-state index is 10.6. The van der Waals surface area contributed by atoms with Crippen LogP contribution in [0.3, 0.4) is 0 Å². The molecule has 0 bridgehead atoms. The Morgan fingerprint density at radius 3 is 2.67 bits per heavy atom. The minimum absolute atomic E-state index is 0. The largest absolute Gasteiger partial charge is 0.634 e. The summed E-state index contributed by atoms with van der Waals surface area (Å²) < 4.78 is 5.13. The Labute approximate surface area is 54.3 Å². The number of hydrogen-bond acceptors (Lipinski definition) is 2. The number of quaternary nitrogens is 1. The maximum Gasteiger partial charge on any atom is 0.104 e. The van der Waals surface area contributed by atoms with E-state index in [1.165, 1.54) is 0 Å². The molecule has 4 heteroatoms. The second kappa shape index (κ2) is 3.79. The van der Waals surface area contributed by atoms with E-state index < -0.39 is 0 Å².